The lowest BCUT2D eigenvalue weighted by molar-refractivity contribution is -0.132. The molecule has 1 aliphatic rings. The third-order valence-electron chi connectivity index (χ3n) is 2.88. The molecule has 3 nitrogen and oxygen atoms in total. The maximum Gasteiger partial charge on any atom is 0.280 e. The molecule has 1 amide bonds. The minimum Gasteiger partial charge on any atom is -0.267 e. The fourth-order valence-electron chi connectivity index (χ4n) is 1.91. The Hall–Kier alpha value is -1.17. The van der Waals surface area contributed by atoms with Gasteiger partial charge in [-0.25, -0.2) is 10.0 Å². The van der Waals surface area contributed by atoms with E-state index in [0.29, 0.717) is 9.23 Å². The lowest BCUT2D eigenvalue weighted by atomic mass is 10.2. The number of rotatable bonds is 4. The van der Waals surface area contributed by atoms with Gasteiger partial charge in [-0.3, -0.25) is 4.79 Å². The van der Waals surface area contributed by atoms with Crippen molar-refractivity contribution in [2.24, 2.45) is 0 Å². The van der Waals surface area contributed by atoms with Crippen LogP contribution in [0.15, 0.2) is 35.2 Å². The molecule has 0 saturated carbocycles. The van der Waals surface area contributed by atoms with Gasteiger partial charge >= 0.3 is 0 Å². The number of hydrogen-bond acceptors (Lipinski definition) is 4. The molecule has 1 fully saturated rings. The minimum atomic E-state index is -0.0254. The number of carbonyl (C=O) groups is 1. The number of hydrazine groups is 1. The van der Waals surface area contributed by atoms with Crippen LogP contribution in [0.25, 0.3) is 6.08 Å². The summed E-state index contributed by atoms with van der Waals surface area (Å²) in [6.45, 7) is 5.56. The quantitative estimate of drug-likeness (QED) is 0.628. The van der Waals surface area contributed by atoms with Gasteiger partial charge in [-0.2, -0.15) is 0 Å². The molecule has 0 N–H and O–H groups in total. The predicted molar refractivity (Wildman–Crippen MR) is 84.4 cm³/mol. The number of amides is 1. The van der Waals surface area contributed by atoms with E-state index in [1.807, 2.05) is 55.3 Å². The van der Waals surface area contributed by atoms with Crippen LogP contribution in [0.2, 0.25) is 0 Å². The lowest BCUT2D eigenvalue weighted by Crippen LogP contribution is -2.45. The summed E-state index contributed by atoms with van der Waals surface area (Å²) in [5, 5.41) is 3.55. The second-order valence-electron chi connectivity index (χ2n) is 4.04. The number of thiocarbonyl (C=S) groups is 1. The van der Waals surface area contributed by atoms with E-state index in [-0.39, 0.29) is 5.91 Å². The fourth-order valence-corrected chi connectivity index (χ4v) is 3.22. The zero-order valence-corrected chi connectivity index (χ0v) is 12.6. The summed E-state index contributed by atoms with van der Waals surface area (Å²) in [6, 6.07) is 9.82. The Bertz CT molecular complexity index is 509. The van der Waals surface area contributed by atoms with Crippen LogP contribution in [-0.2, 0) is 4.79 Å². The molecule has 1 heterocycles. The first-order chi connectivity index (χ1) is 9.17. The molecular weight excluding hydrogens is 276 g/mol. The summed E-state index contributed by atoms with van der Waals surface area (Å²) in [4.78, 5) is 13.1. The molecule has 100 valence electrons. The predicted octanol–water partition coefficient (Wildman–Crippen LogP) is 3.14. The zero-order valence-electron chi connectivity index (χ0n) is 11.0. The van der Waals surface area contributed by atoms with E-state index < -0.39 is 0 Å². The van der Waals surface area contributed by atoms with Crippen molar-refractivity contribution in [2.45, 2.75) is 13.8 Å². The van der Waals surface area contributed by atoms with Crippen LogP contribution >= 0.6 is 24.0 Å². The number of benzene rings is 1. The Balaban J connectivity index is 2.25. The van der Waals surface area contributed by atoms with Crippen LogP contribution in [0.5, 0.6) is 0 Å². The van der Waals surface area contributed by atoms with E-state index in [0.717, 1.165) is 18.7 Å². The highest BCUT2D eigenvalue weighted by atomic mass is 32.2. The van der Waals surface area contributed by atoms with Crippen molar-refractivity contribution in [3.8, 4) is 0 Å². The van der Waals surface area contributed by atoms with Crippen molar-refractivity contribution in [1.29, 1.82) is 0 Å². The van der Waals surface area contributed by atoms with Crippen molar-refractivity contribution in [1.82, 2.24) is 10.0 Å². The normalized spacial score (nSPS) is 17.8. The zero-order chi connectivity index (χ0) is 13.8. The Morgan fingerprint density at radius 1 is 1.26 bits per heavy atom. The van der Waals surface area contributed by atoms with E-state index in [2.05, 4.69) is 0 Å². The third-order valence-corrected chi connectivity index (χ3v) is 4.17. The van der Waals surface area contributed by atoms with Crippen LogP contribution in [0, 0.1) is 0 Å². The molecule has 1 aromatic carbocycles. The number of carbonyl (C=O) groups excluding carboxylic acids is 1. The van der Waals surface area contributed by atoms with Gasteiger partial charge in [-0.15, -0.1) is 0 Å². The van der Waals surface area contributed by atoms with Crippen LogP contribution in [-0.4, -0.2) is 33.3 Å². The molecule has 19 heavy (non-hydrogen) atoms. The summed E-state index contributed by atoms with van der Waals surface area (Å²) in [7, 11) is 0. The van der Waals surface area contributed by atoms with Gasteiger partial charge in [-0.05, 0) is 11.6 Å². The minimum absolute atomic E-state index is 0.0254. The van der Waals surface area contributed by atoms with Gasteiger partial charge in [0, 0.05) is 13.1 Å². The van der Waals surface area contributed by atoms with Gasteiger partial charge in [0.05, 0.1) is 4.91 Å². The Labute approximate surface area is 123 Å². The van der Waals surface area contributed by atoms with E-state index in [9.17, 15) is 4.79 Å². The van der Waals surface area contributed by atoms with Crippen LogP contribution in [0.3, 0.4) is 0 Å². The Kier molecular flexibility index (Phi) is 4.74. The van der Waals surface area contributed by atoms with Gasteiger partial charge in [0.25, 0.3) is 5.91 Å². The van der Waals surface area contributed by atoms with Gasteiger partial charge in [0.1, 0.15) is 0 Å². The molecule has 1 saturated heterocycles. The second-order valence-corrected chi connectivity index (χ2v) is 5.72. The molecule has 0 radical (unpaired) electrons. The van der Waals surface area contributed by atoms with Crippen LogP contribution < -0.4 is 0 Å². The summed E-state index contributed by atoms with van der Waals surface area (Å²) >= 11 is 6.67. The first-order valence-corrected chi connectivity index (χ1v) is 7.47. The molecule has 0 aromatic heterocycles. The maximum atomic E-state index is 12.4. The number of nitrogens with zero attached hydrogens (tertiary/aromatic N) is 2. The summed E-state index contributed by atoms with van der Waals surface area (Å²) < 4.78 is 0.607. The highest BCUT2D eigenvalue weighted by molar-refractivity contribution is 8.26. The van der Waals surface area contributed by atoms with Crippen molar-refractivity contribution >= 4 is 40.3 Å². The smallest absolute Gasteiger partial charge is 0.267 e. The molecule has 0 unspecified atom stereocenters. The molecule has 0 aliphatic carbocycles. The average molecular weight is 292 g/mol. The van der Waals surface area contributed by atoms with Gasteiger partial charge < -0.3 is 0 Å². The van der Waals surface area contributed by atoms with Gasteiger partial charge in [0.2, 0.25) is 0 Å². The topological polar surface area (TPSA) is 23.6 Å². The van der Waals surface area contributed by atoms with Crippen LogP contribution in [0.4, 0.5) is 0 Å². The average Bonchev–Trinajstić information content (AvgIpc) is 2.69. The van der Waals surface area contributed by atoms with Crippen molar-refractivity contribution in [3.05, 3.63) is 40.8 Å². The highest BCUT2D eigenvalue weighted by Crippen LogP contribution is 2.33. The fraction of sp³-hybridized carbons (Fsp3) is 0.286. The largest absolute Gasteiger partial charge is 0.280 e. The number of hydrogen-bond donors (Lipinski definition) is 0. The molecule has 0 bridgehead atoms. The third kappa shape index (κ3) is 3.05. The van der Waals surface area contributed by atoms with Crippen molar-refractivity contribution in [2.75, 3.05) is 13.1 Å². The Morgan fingerprint density at radius 3 is 2.47 bits per heavy atom. The lowest BCUT2D eigenvalue weighted by Gasteiger charge is -2.27. The van der Waals surface area contributed by atoms with Crippen molar-refractivity contribution < 1.29 is 4.79 Å². The summed E-state index contributed by atoms with van der Waals surface area (Å²) in [5.74, 6) is -0.0254. The van der Waals surface area contributed by atoms with Gasteiger partial charge in [0.15, 0.2) is 4.32 Å². The van der Waals surface area contributed by atoms with Crippen LogP contribution in [0.1, 0.15) is 19.4 Å². The molecule has 2 rings (SSSR count). The first kappa shape index (κ1) is 14.2. The molecular formula is C14H16N2OS2. The molecule has 0 spiro atoms. The van der Waals surface area contributed by atoms with E-state index >= 15 is 0 Å². The Morgan fingerprint density at radius 2 is 1.89 bits per heavy atom. The maximum absolute atomic E-state index is 12.4. The monoisotopic (exact) mass is 292 g/mol. The number of thioether (sulfide) groups is 1. The van der Waals surface area contributed by atoms with E-state index in [4.69, 9.17) is 12.2 Å². The molecule has 0 atom stereocenters. The van der Waals surface area contributed by atoms with E-state index in [1.54, 1.807) is 5.01 Å². The highest BCUT2D eigenvalue weighted by Gasteiger charge is 2.35. The first-order valence-electron chi connectivity index (χ1n) is 6.25. The van der Waals surface area contributed by atoms with E-state index in [1.165, 1.54) is 11.8 Å². The summed E-state index contributed by atoms with van der Waals surface area (Å²) in [6.07, 6.45) is 1.89. The second kappa shape index (κ2) is 6.32. The van der Waals surface area contributed by atoms with Gasteiger partial charge in [-0.1, -0.05) is 68.2 Å². The SMILES string of the molecule is CCN(CC)N1C(=O)/C(=C/c2ccccc2)SC1=S. The summed E-state index contributed by atoms with van der Waals surface area (Å²) in [5.41, 5.74) is 1.02. The molecule has 1 aromatic rings. The standard InChI is InChI=1S/C14H16N2OS2/c1-3-15(4-2)16-13(17)12(19-14(16)18)10-11-8-6-5-7-9-11/h5-10H,3-4H2,1-2H3/b12-10-. The van der Waals surface area contributed by atoms with Crippen molar-refractivity contribution in [3.63, 3.8) is 0 Å². The molecule has 1 aliphatic heterocycles. The molecule has 5 heteroatoms.